The first-order chi connectivity index (χ1) is 19.6. The Labute approximate surface area is 244 Å². The van der Waals surface area contributed by atoms with Gasteiger partial charge in [-0.25, -0.2) is 19.2 Å². The van der Waals surface area contributed by atoms with Crippen molar-refractivity contribution in [2.24, 2.45) is 0 Å². The summed E-state index contributed by atoms with van der Waals surface area (Å²) in [6.07, 6.45) is -5.81. The molecule has 2 fully saturated rings. The summed E-state index contributed by atoms with van der Waals surface area (Å²) in [6.45, 7) is 1.71. The molecular weight excluding hydrogens is 608 g/mol. The number of hydrogen-bond acceptors (Lipinski definition) is 12. The summed E-state index contributed by atoms with van der Waals surface area (Å²) in [5.74, 6) is -6.86. The maximum Gasteiger partial charge on any atom is 0.338 e. The van der Waals surface area contributed by atoms with Gasteiger partial charge in [-0.3, -0.25) is 0 Å². The highest BCUT2D eigenvalue weighted by atomic mass is 79.9. The lowest BCUT2D eigenvalue weighted by Gasteiger charge is -2.34. The highest BCUT2D eigenvalue weighted by Gasteiger charge is 2.60. The standard InChI is InChI=1S/C28H29BrO12/c1-15(29)27(38-19(23(30)34-2)20(39-27)24(31)35-3)17-12-9-13-18(14-17)28(16-10-7-6-8-11-16)40-21(25(32)36-4)22(41-28)26(33)37-5/h6-15,19-22H,1-5H3/t15-,19+,20+,21+,22+/m0/s1. The van der Waals surface area contributed by atoms with Crippen LogP contribution in [0.4, 0.5) is 0 Å². The third-order valence-corrected chi connectivity index (χ3v) is 7.40. The molecule has 0 radical (unpaired) electrons. The Morgan fingerprint density at radius 1 is 0.634 bits per heavy atom. The second-order valence-electron chi connectivity index (χ2n) is 9.09. The second kappa shape index (κ2) is 12.2. The molecule has 5 atom stereocenters. The Bertz CT molecular complexity index is 1250. The number of hydrogen-bond donors (Lipinski definition) is 0. The van der Waals surface area contributed by atoms with E-state index in [1.807, 2.05) is 0 Å². The van der Waals surface area contributed by atoms with E-state index >= 15 is 0 Å². The van der Waals surface area contributed by atoms with Crippen molar-refractivity contribution in [3.05, 3.63) is 71.3 Å². The smallest absolute Gasteiger partial charge is 0.338 e. The van der Waals surface area contributed by atoms with Gasteiger partial charge in [-0.05, 0) is 13.0 Å². The molecule has 2 aliphatic heterocycles. The predicted octanol–water partition coefficient (Wildman–Crippen LogP) is 2.08. The van der Waals surface area contributed by atoms with E-state index in [4.69, 9.17) is 37.9 Å². The lowest BCUT2D eigenvalue weighted by atomic mass is 9.93. The monoisotopic (exact) mass is 636 g/mol. The Kier molecular flexibility index (Phi) is 9.14. The van der Waals surface area contributed by atoms with Crippen molar-refractivity contribution in [2.75, 3.05) is 28.4 Å². The predicted molar refractivity (Wildman–Crippen MR) is 141 cm³/mol. The largest absolute Gasteiger partial charge is 0.467 e. The zero-order valence-corrected chi connectivity index (χ0v) is 24.4. The topological polar surface area (TPSA) is 142 Å². The molecule has 0 unspecified atom stereocenters. The average Bonchev–Trinajstić information content (AvgIpc) is 3.62. The molecule has 2 heterocycles. The summed E-state index contributed by atoms with van der Waals surface area (Å²) in [4.78, 5) is 49.9. The fourth-order valence-corrected chi connectivity index (χ4v) is 5.26. The summed E-state index contributed by atoms with van der Waals surface area (Å²) in [6, 6.07) is 15.2. The number of esters is 4. The first kappa shape index (κ1) is 30.6. The Morgan fingerprint density at radius 3 is 1.44 bits per heavy atom. The summed E-state index contributed by atoms with van der Waals surface area (Å²) in [7, 11) is 4.64. The summed E-state index contributed by atoms with van der Waals surface area (Å²) in [5, 5.41) is 0. The van der Waals surface area contributed by atoms with Crippen LogP contribution in [0.3, 0.4) is 0 Å². The lowest BCUT2D eigenvalue weighted by molar-refractivity contribution is -0.193. The molecule has 220 valence electrons. The molecule has 0 aromatic heterocycles. The SMILES string of the molecule is COC(=O)[C@@H]1OC(c2ccccc2)(c2cccc(C3([C@H](C)Br)O[C@@H](C(=O)OC)[C@H](C(=O)OC)O3)c2)O[C@H]1C(=O)OC. The number of rotatable bonds is 8. The normalized spacial score (nSPS) is 25.1. The maximum absolute atomic E-state index is 12.7. The van der Waals surface area contributed by atoms with E-state index in [1.54, 1.807) is 61.5 Å². The van der Waals surface area contributed by atoms with Crippen molar-refractivity contribution in [1.82, 2.24) is 0 Å². The molecule has 0 saturated carbocycles. The van der Waals surface area contributed by atoms with Gasteiger partial charge in [-0.1, -0.05) is 64.5 Å². The van der Waals surface area contributed by atoms with Crippen molar-refractivity contribution in [3.8, 4) is 0 Å². The number of carbonyl (C=O) groups is 4. The van der Waals surface area contributed by atoms with Crippen LogP contribution in [0.15, 0.2) is 54.6 Å². The molecule has 2 aromatic carbocycles. The number of carbonyl (C=O) groups excluding carboxylic acids is 4. The average molecular weight is 637 g/mol. The third kappa shape index (κ3) is 5.35. The summed E-state index contributed by atoms with van der Waals surface area (Å²) >= 11 is 3.50. The quantitative estimate of drug-likeness (QED) is 0.238. The van der Waals surface area contributed by atoms with Crippen molar-refractivity contribution < 1.29 is 57.1 Å². The van der Waals surface area contributed by atoms with Gasteiger partial charge in [0.2, 0.25) is 11.6 Å². The molecule has 41 heavy (non-hydrogen) atoms. The van der Waals surface area contributed by atoms with Crippen LogP contribution in [0, 0.1) is 0 Å². The molecule has 2 aliphatic rings. The minimum Gasteiger partial charge on any atom is -0.467 e. The van der Waals surface area contributed by atoms with Gasteiger partial charge in [0.25, 0.3) is 0 Å². The molecule has 4 rings (SSSR count). The van der Waals surface area contributed by atoms with Crippen LogP contribution < -0.4 is 0 Å². The molecule has 0 N–H and O–H groups in total. The third-order valence-electron chi connectivity index (χ3n) is 6.80. The molecule has 12 nitrogen and oxygen atoms in total. The van der Waals surface area contributed by atoms with Gasteiger partial charge in [0.15, 0.2) is 24.4 Å². The van der Waals surface area contributed by atoms with Crippen LogP contribution in [0.2, 0.25) is 0 Å². The number of alkyl halides is 1. The summed E-state index contributed by atoms with van der Waals surface area (Å²) < 4.78 is 44.2. The first-order valence-electron chi connectivity index (χ1n) is 12.4. The fraction of sp³-hybridized carbons (Fsp3) is 0.429. The number of methoxy groups -OCH3 is 4. The molecule has 0 amide bonds. The molecule has 0 bridgehead atoms. The van der Waals surface area contributed by atoms with Crippen LogP contribution in [0.25, 0.3) is 0 Å². The molecule has 2 saturated heterocycles. The van der Waals surface area contributed by atoms with Crippen LogP contribution in [-0.2, 0) is 68.6 Å². The molecule has 0 aliphatic carbocycles. The van der Waals surface area contributed by atoms with Gasteiger partial charge >= 0.3 is 23.9 Å². The second-order valence-corrected chi connectivity index (χ2v) is 10.5. The van der Waals surface area contributed by atoms with Crippen molar-refractivity contribution >= 4 is 39.8 Å². The fourth-order valence-electron chi connectivity index (χ4n) is 4.78. The number of halogens is 1. The van der Waals surface area contributed by atoms with Gasteiger partial charge in [-0.2, -0.15) is 0 Å². The van der Waals surface area contributed by atoms with Crippen LogP contribution >= 0.6 is 15.9 Å². The lowest BCUT2D eigenvalue weighted by Crippen LogP contribution is -2.38. The van der Waals surface area contributed by atoms with E-state index in [0.717, 1.165) is 28.4 Å². The van der Waals surface area contributed by atoms with Gasteiger partial charge in [-0.15, -0.1) is 0 Å². The highest BCUT2D eigenvalue weighted by molar-refractivity contribution is 9.09. The van der Waals surface area contributed by atoms with E-state index in [0.29, 0.717) is 16.7 Å². The summed E-state index contributed by atoms with van der Waals surface area (Å²) in [5.41, 5.74) is 1.13. The Hall–Kier alpha value is -3.36. The zero-order chi connectivity index (χ0) is 29.9. The Morgan fingerprint density at radius 2 is 1.02 bits per heavy atom. The van der Waals surface area contributed by atoms with Gasteiger partial charge in [0, 0.05) is 16.7 Å². The van der Waals surface area contributed by atoms with Crippen LogP contribution in [0.5, 0.6) is 0 Å². The number of ether oxygens (including phenoxy) is 8. The molecule has 2 aromatic rings. The van der Waals surface area contributed by atoms with E-state index in [2.05, 4.69) is 15.9 Å². The Balaban J connectivity index is 1.88. The zero-order valence-electron chi connectivity index (χ0n) is 22.9. The highest BCUT2D eigenvalue weighted by Crippen LogP contribution is 2.48. The minimum absolute atomic E-state index is 0.331. The van der Waals surface area contributed by atoms with Crippen LogP contribution in [-0.4, -0.2) is 81.6 Å². The van der Waals surface area contributed by atoms with Crippen LogP contribution in [0.1, 0.15) is 23.6 Å². The van der Waals surface area contributed by atoms with Crippen molar-refractivity contribution in [2.45, 2.75) is 47.7 Å². The van der Waals surface area contributed by atoms with Crippen molar-refractivity contribution in [3.63, 3.8) is 0 Å². The van der Waals surface area contributed by atoms with Gasteiger partial charge < -0.3 is 37.9 Å². The van der Waals surface area contributed by atoms with E-state index in [-0.39, 0.29) is 0 Å². The van der Waals surface area contributed by atoms with E-state index < -0.39 is 64.7 Å². The molecule has 13 heteroatoms. The first-order valence-corrected chi connectivity index (χ1v) is 13.3. The van der Waals surface area contributed by atoms with Crippen molar-refractivity contribution in [1.29, 1.82) is 0 Å². The number of benzene rings is 2. The molecular formula is C28H29BrO12. The van der Waals surface area contributed by atoms with E-state index in [9.17, 15) is 19.2 Å². The van der Waals surface area contributed by atoms with E-state index in [1.165, 1.54) is 0 Å². The maximum atomic E-state index is 12.7. The van der Waals surface area contributed by atoms with Gasteiger partial charge in [0.05, 0.1) is 33.3 Å². The molecule has 0 spiro atoms. The van der Waals surface area contributed by atoms with Gasteiger partial charge in [0.1, 0.15) is 0 Å². The minimum atomic E-state index is -1.80.